The van der Waals surface area contributed by atoms with Crippen molar-refractivity contribution in [2.75, 3.05) is 37.7 Å². The van der Waals surface area contributed by atoms with Crippen LogP contribution in [0, 0.1) is 0 Å². The first-order chi connectivity index (χ1) is 16.3. The van der Waals surface area contributed by atoms with Crippen molar-refractivity contribution < 1.29 is 9.47 Å². The first-order valence-electron chi connectivity index (χ1n) is 12.4. The van der Waals surface area contributed by atoms with E-state index in [0.29, 0.717) is 6.61 Å². The predicted octanol–water partition coefficient (Wildman–Crippen LogP) is 6.39. The molecule has 0 aliphatic carbocycles. The van der Waals surface area contributed by atoms with Crippen molar-refractivity contribution >= 4 is 11.4 Å². The van der Waals surface area contributed by atoms with Gasteiger partial charge in [0.2, 0.25) is 0 Å². The summed E-state index contributed by atoms with van der Waals surface area (Å²) in [5.74, 6) is 1.88. The molecule has 0 spiro atoms. The van der Waals surface area contributed by atoms with Gasteiger partial charge in [-0.15, -0.1) is 0 Å². The van der Waals surface area contributed by atoms with Crippen LogP contribution >= 0.6 is 0 Å². The predicted molar refractivity (Wildman–Crippen MR) is 135 cm³/mol. The third-order valence-corrected chi connectivity index (χ3v) is 6.82. The molecule has 0 aromatic heterocycles. The van der Waals surface area contributed by atoms with Gasteiger partial charge in [0.05, 0.1) is 12.6 Å². The summed E-state index contributed by atoms with van der Waals surface area (Å²) in [6, 6.07) is 26.3. The average molecular weight is 443 g/mol. The van der Waals surface area contributed by atoms with Crippen LogP contribution in [0.4, 0.5) is 11.4 Å². The first-order valence-corrected chi connectivity index (χ1v) is 12.4. The van der Waals surface area contributed by atoms with E-state index in [-0.39, 0.29) is 6.04 Å². The molecule has 2 aliphatic rings. The molecule has 1 atom stereocenters. The summed E-state index contributed by atoms with van der Waals surface area (Å²) in [6.45, 7) is 6.90. The average Bonchev–Trinajstić information content (AvgIpc) is 3.38. The highest BCUT2D eigenvalue weighted by atomic mass is 16.5. The molecule has 4 heteroatoms. The number of rotatable bonds is 8. The highest BCUT2D eigenvalue weighted by Crippen LogP contribution is 2.44. The maximum absolute atomic E-state index is 6.05. The molecule has 0 bridgehead atoms. The fourth-order valence-electron chi connectivity index (χ4n) is 5.14. The summed E-state index contributed by atoms with van der Waals surface area (Å²) in [4.78, 5) is 4.98. The molecule has 33 heavy (non-hydrogen) atoms. The number of hydrogen-bond donors (Lipinski definition) is 0. The van der Waals surface area contributed by atoms with Gasteiger partial charge in [0.25, 0.3) is 0 Å². The van der Waals surface area contributed by atoms with Crippen LogP contribution in [0.15, 0.2) is 72.8 Å². The summed E-state index contributed by atoms with van der Waals surface area (Å²) in [6.07, 6.45) is 4.81. The minimum absolute atomic E-state index is 0.289. The Kier molecular flexibility index (Phi) is 6.82. The van der Waals surface area contributed by atoms with E-state index in [0.717, 1.165) is 37.5 Å². The fraction of sp³-hybridized carbons (Fsp3) is 0.379. The molecule has 2 heterocycles. The number of benzene rings is 3. The molecule has 0 saturated carbocycles. The third kappa shape index (κ3) is 5.01. The standard InChI is InChI=1S/C29H34N2O2/c1-2-32-26-14-9-24(10-15-26)29-18-11-23-7-3-4-8-28(23)31(29)25-12-16-27(17-13-25)33-22-21-30-19-5-6-20-30/h3-4,7-10,12-17,29H,2,5-6,11,18-22H2,1H3. The van der Waals surface area contributed by atoms with E-state index in [1.165, 1.54) is 48.4 Å². The number of anilines is 2. The summed E-state index contributed by atoms with van der Waals surface area (Å²) in [5.41, 5.74) is 5.22. The Morgan fingerprint density at radius 3 is 2.27 bits per heavy atom. The van der Waals surface area contributed by atoms with E-state index in [1.807, 2.05) is 6.92 Å². The molecule has 2 aliphatic heterocycles. The summed E-state index contributed by atoms with van der Waals surface area (Å²) < 4.78 is 11.7. The lowest BCUT2D eigenvalue weighted by molar-refractivity contribution is 0.238. The van der Waals surface area contributed by atoms with Crippen LogP contribution in [0.25, 0.3) is 0 Å². The van der Waals surface area contributed by atoms with Crippen LogP contribution in [-0.4, -0.2) is 37.7 Å². The van der Waals surface area contributed by atoms with Crippen molar-refractivity contribution in [3.8, 4) is 11.5 Å². The lowest BCUT2D eigenvalue weighted by Crippen LogP contribution is -2.29. The zero-order valence-corrected chi connectivity index (χ0v) is 19.6. The molecule has 3 aromatic rings. The monoisotopic (exact) mass is 442 g/mol. The lowest BCUT2D eigenvalue weighted by Gasteiger charge is -2.39. The smallest absolute Gasteiger partial charge is 0.119 e. The molecule has 3 aromatic carbocycles. The minimum Gasteiger partial charge on any atom is -0.494 e. The Labute approximate surface area is 197 Å². The normalized spacial score (nSPS) is 18.2. The van der Waals surface area contributed by atoms with Crippen molar-refractivity contribution in [1.82, 2.24) is 4.90 Å². The van der Waals surface area contributed by atoms with E-state index in [4.69, 9.17) is 9.47 Å². The molecule has 0 N–H and O–H groups in total. The zero-order valence-electron chi connectivity index (χ0n) is 19.6. The molecular weight excluding hydrogens is 408 g/mol. The number of fused-ring (bicyclic) bond motifs is 1. The molecule has 0 radical (unpaired) electrons. The molecule has 4 nitrogen and oxygen atoms in total. The van der Waals surface area contributed by atoms with Crippen molar-refractivity contribution in [2.45, 2.75) is 38.6 Å². The largest absolute Gasteiger partial charge is 0.494 e. The second-order valence-corrected chi connectivity index (χ2v) is 8.95. The number of nitrogens with zero attached hydrogens (tertiary/aromatic N) is 2. The SMILES string of the molecule is CCOc1ccc(C2CCc3ccccc3N2c2ccc(OCCN3CCCC3)cc2)cc1. The topological polar surface area (TPSA) is 24.9 Å². The minimum atomic E-state index is 0.289. The van der Waals surface area contributed by atoms with Gasteiger partial charge in [0.1, 0.15) is 18.1 Å². The van der Waals surface area contributed by atoms with Crippen molar-refractivity contribution in [1.29, 1.82) is 0 Å². The Morgan fingerprint density at radius 1 is 0.818 bits per heavy atom. The maximum atomic E-state index is 6.05. The van der Waals surface area contributed by atoms with E-state index < -0.39 is 0 Å². The molecular formula is C29H34N2O2. The number of para-hydroxylation sites is 1. The van der Waals surface area contributed by atoms with Crippen LogP contribution in [0.5, 0.6) is 11.5 Å². The van der Waals surface area contributed by atoms with Gasteiger partial charge in [-0.1, -0.05) is 30.3 Å². The number of aryl methyl sites for hydroxylation is 1. The molecule has 0 amide bonds. The molecule has 5 rings (SSSR count). The highest BCUT2D eigenvalue weighted by molar-refractivity contribution is 5.70. The van der Waals surface area contributed by atoms with Crippen molar-refractivity contribution in [3.05, 3.63) is 83.9 Å². The van der Waals surface area contributed by atoms with Crippen molar-refractivity contribution in [2.24, 2.45) is 0 Å². The Hall–Kier alpha value is -2.98. The van der Waals surface area contributed by atoms with Gasteiger partial charge in [0, 0.05) is 17.9 Å². The second-order valence-electron chi connectivity index (χ2n) is 8.95. The number of ether oxygens (including phenoxy) is 2. The van der Waals surface area contributed by atoms with Gasteiger partial charge in [-0.05, 0) is 99.3 Å². The van der Waals surface area contributed by atoms with Crippen LogP contribution in [0.2, 0.25) is 0 Å². The fourth-order valence-corrected chi connectivity index (χ4v) is 5.14. The quantitative estimate of drug-likeness (QED) is 0.404. The van der Waals surface area contributed by atoms with E-state index >= 15 is 0 Å². The Bertz CT molecular complexity index is 1030. The molecule has 1 fully saturated rings. The van der Waals surface area contributed by atoms with Gasteiger partial charge in [0.15, 0.2) is 0 Å². The van der Waals surface area contributed by atoms with Crippen molar-refractivity contribution in [3.63, 3.8) is 0 Å². The van der Waals surface area contributed by atoms with Gasteiger partial charge < -0.3 is 14.4 Å². The van der Waals surface area contributed by atoms with Gasteiger partial charge >= 0.3 is 0 Å². The molecule has 1 unspecified atom stereocenters. The van der Waals surface area contributed by atoms with Crippen LogP contribution < -0.4 is 14.4 Å². The van der Waals surface area contributed by atoms with Gasteiger partial charge in [-0.2, -0.15) is 0 Å². The molecule has 172 valence electrons. The Balaban J connectivity index is 1.36. The maximum Gasteiger partial charge on any atom is 0.119 e. The molecule has 1 saturated heterocycles. The van der Waals surface area contributed by atoms with E-state index in [2.05, 4.69) is 82.6 Å². The second kappa shape index (κ2) is 10.3. The van der Waals surface area contributed by atoms with Crippen LogP contribution in [0.1, 0.15) is 43.4 Å². The number of hydrogen-bond acceptors (Lipinski definition) is 4. The van der Waals surface area contributed by atoms with E-state index in [1.54, 1.807) is 0 Å². The number of likely N-dealkylation sites (tertiary alicyclic amines) is 1. The first kappa shape index (κ1) is 21.8. The van der Waals surface area contributed by atoms with E-state index in [9.17, 15) is 0 Å². The van der Waals surface area contributed by atoms with Crippen LogP contribution in [-0.2, 0) is 6.42 Å². The summed E-state index contributed by atoms with van der Waals surface area (Å²) in [5, 5.41) is 0. The Morgan fingerprint density at radius 2 is 1.52 bits per heavy atom. The van der Waals surface area contributed by atoms with Gasteiger partial charge in [-0.3, -0.25) is 4.90 Å². The summed E-state index contributed by atoms with van der Waals surface area (Å²) >= 11 is 0. The summed E-state index contributed by atoms with van der Waals surface area (Å²) in [7, 11) is 0. The highest BCUT2D eigenvalue weighted by Gasteiger charge is 2.28. The van der Waals surface area contributed by atoms with Gasteiger partial charge in [-0.25, -0.2) is 0 Å². The van der Waals surface area contributed by atoms with Crippen LogP contribution in [0.3, 0.4) is 0 Å². The lowest BCUT2D eigenvalue weighted by atomic mass is 9.90. The zero-order chi connectivity index (χ0) is 22.5. The third-order valence-electron chi connectivity index (χ3n) is 6.82.